The average Bonchev–Trinajstić information content (AvgIpc) is 2.84. The van der Waals surface area contributed by atoms with E-state index in [2.05, 4.69) is 0 Å². The number of aliphatic hydroxyl groups is 1. The zero-order valence-corrected chi connectivity index (χ0v) is 10.6. The molecule has 0 bridgehead atoms. The molecule has 0 spiro atoms. The van der Waals surface area contributed by atoms with Gasteiger partial charge < -0.3 is 19.5 Å². The van der Waals surface area contributed by atoms with Crippen LogP contribution in [-0.4, -0.2) is 62.0 Å². The van der Waals surface area contributed by atoms with Crippen molar-refractivity contribution in [1.82, 2.24) is 4.90 Å². The molecule has 1 heterocycles. The van der Waals surface area contributed by atoms with Gasteiger partial charge in [0.25, 0.3) is 0 Å². The molecule has 0 aliphatic carbocycles. The van der Waals surface area contributed by atoms with Crippen LogP contribution < -0.4 is 0 Å². The van der Waals surface area contributed by atoms with E-state index in [0.717, 1.165) is 25.9 Å². The zero-order chi connectivity index (χ0) is 12.5. The van der Waals surface area contributed by atoms with Gasteiger partial charge in [0.1, 0.15) is 0 Å². The van der Waals surface area contributed by atoms with Crippen LogP contribution in [0.4, 0.5) is 0 Å². The summed E-state index contributed by atoms with van der Waals surface area (Å²) < 4.78 is 10.6. The van der Waals surface area contributed by atoms with Gasteiger partial charge in [0.2, 0.25) is 5.91 Å². The molecule has 1 aliphatic heterocycles. The summed E-state index contributed by atoms with van der Waals surface area (Å²) in [6.07, 6.45) is 3.83. The summed E-state index contributed by atoms with van der Waals surface area (Å²) in [5, 5.41) is 8.53. The number of carbonyl (C=O) groups excluding carboxylic acids is 1. The van der Waals surface area contributed by atoms with Crippen LogP contribution in [-0.2, 0) is 14.3 Å². The molecule has 0 aromatic heterocycles. The van der Waals surface area contributed by atoms with Crippen molar-refractivity contribution in [1.29, 1.82) is 0 Å². The van der Waals surface area contributed by atoms with E-state index in [1.807, 2.05) is 0 Å². The number of carbonyl (C=O) groups is 1. The van der Waals surface area contributed by atoms with E-state index in [-0.39, 0.29) is 18.6 Å². The van der Waals surface area contributed by atoms with Crippen LogP contribution >= 0.6 is 0 Å². The van der Waals surface area contributed by atoms with Gasteiger partial charge in [-0.05, 0) is 19.3 Å². The highest BCUT2D eigenvalue weighted by molar-refractivity contribution is 5.75. The first-order valence-electron chi connectivity index (χ1n) is 6.28. The van der Waals surface area contributed by atoms with Crippen LogP contribution in [0, 0.1) is 0 Å². The van der Waals surface area contributed by atoms with Crippen molar-refractivity contribution in [2.75, 3.05) is 40.0 Å². The summed E-state index contributed by atoms with van der Waals surface area (Å²) in [5.41, 5.74) is 0. The lowest BCUT2D eigenvalue weighted by molar-refractivity contribution is -0.131. The Morgan fingerprint density at radius 2 is 2.35 bits per heavy atom. The Morgan fingerprint density at radius 3 is 3.00 bits per heavy atom. The lowest BCUT2D eigenvalue weighted by Crippen LogP contribution is -2.30. The number of nitrogens with zero attached hydrogens (tertiary/aromatic N) is 1. The van der Waals surface area contributed by atoms with Gasteiger partial charge in [-0.2, -0.15) is 0 Å². The number of likely N-dealkylation sites (N-methyl/N-ethyl adjacent to an activating group) is 1. The number of amides is 1. The fraction of sp³-hybridized carbons (Fsp3) is 0.917. The molecule has 1 rings (SSSR count). The first-order valence-corrected chi connectivity index (χ1v) is 6.28. The second-order valence-electron chi connectivity index (χ2n) is 4.32. The molecule has 1 fully saturated rings. The van der Waals surface area contributed by atoms with Gasteiger partial charge >= 0.3 is 0 Å². The number of hydrogen-bond donors (Lipinski definition) is 1. The van der Waals surface area contributed by atoms with Gasteiger partial charge in [-0.3, -0.25) is 4.79 Å². The number of hydrogen-bond acceptors (Lipinski definition) is 4. The topological polar surface area (TPSA) is 59.0 Å². The summed E-state index contributed by atoms with van der Waals surface area (Å²) in [6.45, 7) is 2.24. The third kappa shape index (κ3) is 6.00. The Kier molecular flexibility index (Phi) is 7.16. The van der Waals surface area contributed by atoms with E-state index in [9.17, 15) is 4.79 Å². The van der Waals surface area contributed by atoms with Crippen molar-refractivity contribution in [3.05, 3.63) is 0 Å². The van der Waals surface area contributed by atoms with E-state index in [1.54, 1.807) is 11.9 Å². The van der Waals surface area contributed by atoms with E-state index in [1.165, 1.54) is 0 Å². The summed E-state index contributed by atoms with van der Waals surface area (Å²) in [5.74, 6) is 0.132. The number of aliphatic hydroxyl groups excluding tert-OH is 1. The molecule has 1 amide bonds. The molecule has 1 aliphatic rings. The van der Waals surface area contributed by atoms with E-state index in [0.29, 0.717) is 26.2 Å². The average molecular weight is 245 g/mol. The van der Waals surface area contributed by atoms with Gasteiger partial charge in [-0.15, -0.1) is 0 Å². The Bertz CT molecular complexity index is 217. The monoisotopic (exact) mass is 245 g/mol. The fourth-order valence-corrected chi connectivity index (χ4v) is 1.84. The fourth-order valence-electron chi connectivity index (χ4n) is 1.84. The van der Waals surface area contributed by atoms with Crippen molar-refractivity contribution < 1.29 is 19.4 Å². The molecule has 17 heavy (non-hydrogen) atoms. The predicted octanol–water partition coefficient (Wildman–Crippen LogP) is 0.413. The molecule has 100 valence electrons. The smallest absolute Gasteiger partial charge is 0.222 e. The molecule has 1 N–H and O–H groups in total. The zero-order valence-electron chi connectivity index (χ0n) is 10.6. The molecule has 0 saturated carbocycles. The van der Waals surface area contributed by atoms with Crippen LogP contribution in [0.25, 0.3) is 0 Å². The SMILES string of the molecule is CN(CCOCCO)C(=O)CCC1CCCO1. The van der Waals surface area contributed by atoms with Crippen LogP contribution in [0.5, 0.6) is 0 Å². The molecular formula is C12H23NO4. The van der Waals surface area contributed by atoms with Crippen molar-refractivity contribution in [3.63, 3.8) is 0 Å². The minimum absolute atomic E-state index is 0.0245. The molecular weight excluding hydrogens is 222 g/mol. The molecule has 1 atom stereocenters. The molecule has 0 radical (unpaired) electrons. The van der Waals surface area contributed by atoms with Crippen LogP contribution in [0.15, 0.2) is 0 Å². The third-order valence-corrected chi connectivity index (χ3v) is 2.94. The van der Waals surface area contributed by atoms with Crippen LogP contribution in [0.1, 0.15) is 25.7 Å². The first-order chi connectivity index (χ1) is 8.24. The van der Waals surface area contributed by atoms with Crippen molar-refractivity contribution >= 4 is 5.91 Å². The Labute approximate surface area is 103 Å². The minimum Gasteiger partial charge on any atom is -0.394 e. The Morgan fingerprint density at radius 1 is 1.53 bits per heavy atom. The van der Waals surface area contributed by atoms with E-state index >= 15 is 0 Å². The Hall–Kier alpha value is -0.650. The standard InChI is InChI=1S/C12H23NO4/c1-13(6-9-16-10-7-14)12(15)5-4-11-3-2-8-17-11/h11,14H,2-10H2,1H3. The molecule has 0 aromatic carbocycles. The van der Waals surface area contributed by atoms with E-state index in [4.69, 9.17) is 14.6 Å². The summed E-state index contributed by atoms with van der Waals surface area (Å²) in [6, 6.07) is 0. The quantitative estimate of drug-likeness (QED) is 0.629. The van der Waals surface area contributed by atoms with Crippen molar-refractivity contribution in [2.45, 2.75) is 31.8 Å². The second kappa shape index (κ2) is 8.44. The number of rotatable bonds is 8. The molecule has 5 nitrogen and oxygen atoms in total. The second-order valence-corrected chi connectivity index (χ2v) is 4.32. The lowest BCUT2D eigenvalue weighted by atomic mass is 10.1. The van der Waals surface area contributed by atoms with Gasteiger partial charge in [-0.25, -0.2) is 0 Å². The first kappa shape index (κ1) is 14.4. The van der Waals surface area contributed by atoms with Gasteiger partial charge in [0.05, 0.1) is 25.9 Å². The van der Waals surface area contributed by atoms with Crippen LogP contribution in [0.3, 0.4) is 0 Å². The molecule has 1 unspecified atom stereocenters. The highest BCUT2D eigenvalue weighted by Gasteiger charge is 2.17. The minimum atomic E-state index is 0.0245. The molecule has 1 saturated heterocycles. The van der Waals surface area contributed by atoms with Gasteiger partial charge in [-0.1, -0.05) is 0 Å². The normalized spacial score (nSPS) is 19.5. The molecule has 0 aromatic rings. The number of ether oxygens (including phenoxy) is 2. The lowest BCUT2D eigenvalue weighted by Gasteiger charge is -2.18. The highest BCUT2D eigenvalue weighted by atomic mass is 16.5. The molecule has 5 heteroatoms. The highest BCUT2D eigenvalue weighted by Crippen LogP contribution is 2.17. The van der Waals surface area contributed by atoms with E-state index < -0.39 is 0 Å². The van der Waals surface area contributed by atoms with Gasteiger partial charge in [0, 0.05) is 26.6 Å². The van der Waals surface area contributed by atoms with Gasteiger partial charge in [0.15, 0.2) is 0 Å². The van der Waals surface area contributed by atoms with Crippen molar-refractivity contribution in [3.8, 4) is 0 Å². The maximum absolute atomic E-state index is 11.7. The van der Waals surface area contributed by atoms with Crippen LogP contribution in [0.2, 0.25) is 0 Å². The van der Waals surface area contributed by atoms with Crippen molar-refractivity contribution in [2.24, 2.45) is 0 Å². The largest absolute Gasteiger partial charge is 0.394 e. The summed E-state index contributed by atoms with van der Waals surface area (Å²) in [7, 11) is 1.78. The summed E-state index contributed by atoms with van der Waals surface area (Å²) >= 11 is 0. The predicted molar refractivity (Wildman–Crippen MR) is 63.7 cm³/mol. The third-order valence-electron chi connectivity index (χ3n) is 2.94. The maximum Gasteiger partial charge on any atom is 0.222 e. The summed E-state index contributed by atoms with van der Waals surface area (Å²) in [4.78, 5) is 13.4. The maximum atomic E-state index is 11.7. The Balaban J connectivity index is 2.04.